The van der Waals surface area contributed by atoms with E-state index < -0.39 is 5.97 Å². The quantitative estimate of drug-likeness (QED) is 0.382. The number of aromatic nitrogens is 3. The number of thiazole rings is 1. The molecule has 2 aromatic heterocycles. The van der Waals surface area contributed by atoms with Gasteiger partial charge in [-0.15, -0.1) is 0 Å². The second-order valence-corrected chi connectivity index (χ2v) is 11.3. The van der Waals surface area contributed by atoms with E-state index in [1.807, 2.05) is 42.3 Å². The van der Waals surface area contributed by atoms with Gasteiger partial charge in [-0.1, -0.05) is 42.7 Å². The molecular formula is C28H34N6O4S. The van der Waals surface area contributed by atoms with E-state index in [0.29, 0.717) is 65.8 Å². The Bertz CT molecular complexity index is 1330. The first-order chi connectivity index (χ1) is 18.8. The van der Waals surface area contributed by atoms with Gasteiger partial charge in [0, 0.05) is 43.4 Å². The highest BCUT2D eigenvalue weighted by Crippen LogP contribution is 2.30. The third-order valence-corrected chi connectivity index (χ3v) is 8.64. The molecule has 3 N–H and O–H groups in total. The van der Waals surface area contributed by atoms with Crippen molar-refractivity contribution in [1.29, 1.82) is 0 Å². The van der Waals surface area contributed by atoms with Gasteiger partial charge < -0.3 is 20.0 Å². The molecule has 1 aromatic carbocycles. The van der Waals surface area contributed by atoms with Gasteiger partial charge in [0.05, 0.1) is 17.5 Å². The fourth-order valence-electron chi connectivity index (χ4n) is 5.26. The van der Waals surface area contributed by atoms with E-state index >= 15 is 0 Å². The summed E-state index contributed by atoms with van der Waals surface area (Å²) in [5.41, 5.74) is 2.57. The normalized spacial score (nSPS) is 16.7. The van der Waals surface area contributed by atoms with E-state index in [9.17, 15) is 19.8 Å². The monoisotopic (exact) mass is 550 g/mol. The van der Waals surface area contributed by atoms with Crippen LogP contribution in [0.4, 0.5) is 16.9 Å². The fraction of sp³-hybridized carbons (Fsp3) is 0.464. The molecule has 2 aliphatic rings. The lowest BCUT2D eigenvalue weighted by molar-refractivity contribution is 0.0689. The second-order valence-electron chi connectivity index (χ2n) is 10.3. The molecule has 0 radical (unpaired) electrons. The first-order valence-corrected chi connectivity index (χ1v) is 14.3. The molecule has 0 unspecified atom stereocenters. The minimum absolute atomic E-state index is 0.0273. The van der Waals surface area contributed by atoms with Crippen LogP contribution < -0.4 is 10.2 Å². The summed E-state index contributed by atoms with van der Waals surface area (Å²) in [4.78, 5) is 42.5. The molecule has 0 bridgehead atoms. The highest BCUT2D eigenvalue weighted by Gasteiger charge is 2.24. The predicted molar refractivity (Wildman–Crippen MR) is 151 cm³/mol. The fourth-order valence-corrected chi connectivity index (χ4v) is 6.06. The molecule has 1 amide bonds. The van der Waals surface area contributed by atoms with Crippen LogP contribution in [0.3, 0.4) is 0 Å². The zero-order chi connectivity index (χ0) is 27.5. The summed E-state index contributed by atoms with van der Waals surface area (Å²) >= 11 is 1.03. The number of amides is 1. The van der Waals surface area contributed by atoms with Crippen LogP contribution in [0.25, 0.3) is 11.3 Å². The van der Waals surface area contributed by atoms with E-state index in [1.54, 1.807) is 6.92 Å². The number of hydrogen-bond acceptors (Lipinski definition) is 9. The Morgan fingerprint density at radius 1 is 1.03 bits per heavy atom. The van der Waals surface area contributed by atoms with Crippen LogP contribution in [0.2, 0.25) is 0 Å². The summed E-state index contributed by atoms with van der Waals surface area (Å²) in [5, 5.41) is 22.8. The minimum atomic E-state index is -1.02. The second kappa shape index (κ2) is 11.7. The van der Waals surface area contributed by atoms with Crippen LogP contribution in [-0.2, 0) is 0 Å². The number of piperidine rings is 1. The summed E-state index contributed by atoms with van der Waals surface area (Å²) < 4.78 is 0. The lowest BCUT2D eigenvalue weighted by Gasteiger charge is -2.31. The van der Waals surface area contributed by atoms with Crippen LogP contribution in [0.5, 0.6) is 0 Å². The highest BCUT2D eigenvalue weighted by atomic mass is 32.1. The third kappa shape index (κ3) is 6.20. The van der Waals surface area contributed by atoms with Crippen molar-refractivity contribution in [2.24, 2.45) is 0 Å². The van der Waals surface area contributed by atoms with Crippen molar-refractivity contribution in [2.45, 2.75) is 64.0 Å². The molecule has 3 heterocycles. The third-order valence-electron chi connectivity index (χ3n) is 7.58. The number of anilines is 3. The Morgan fingerprint density at radius 3 is 2.36 bits per heavy atom. The van der Waals surface area contributed by atoms with E-state index in [0.717, 1.165) is 29.7 Å². The predicted octanol–water partition coefficient (Wildman–Crippen LogP) is 4.72. The van der Waals surface area contributed by atoms with E-state index in [4.69, 9.17) is 4.98 Å². The highest BCUT2D eigenvalue weighted by molar-refractivity contribution is 7.17. The molecule has 1 saturated carbocycles. The van der Waals surface area contributed by atoms with Crippen molar-refractivity contribution in [3.8, 4) is 11.3 Å². The van der Waals surface area contributed by atoms with E-state index in [2.05, 4.69) is 20.2 Å². The average molecular weight is 551 g/mol. The maximum atomic E-state index is 13.1. The van der Waals surface area contributed by atoms with Crippen LogP contribution in [0, 0.1) is 6.92 Å². The first kappa shape index (κ1) is 27.0. The number of aliphatic hydroxyl groups excluding tert-OH is 1. The molecule has 1 aliphatic heterocycles. The Hall–Kier alpha value is -3.57. The zero-order valence-corrected chi connectivity index (χ0v) is 23.1. The number of benzene rings is 1. The number of carbonyl (C=O) groups excluding carboxylic acids is 1. The Balaban J connectivity index is 1.42. The van der Waals surface area contributed by atoms with E-state index in [-0.39, 0.29) is 16.9 Å². The van der Waals surface area contributed by atoms with Gasteiger partial charge in [0.25, 0.3) is 5.91 Å². The molecule has 3 aromatic rings. The number of carboxylic acid groups (broad SMARTS) is 1. The topological polar surface area (TPSA) is 132 Å². The van der Waals surface area contributed by atoms with Gasteiger partial charge in [0.1, 0.15) is 10.7 Å². The van der Waals surface area contributed by atoms with Gasteiger partial charge in [-0.05, 0) is 44.7 Å². The van der Waals surface area contributed by atoms with Gasteiger partial charge in [-0.3, -0.25) is 10.1 Å². The number of nitrogens with zero attached hydrogens (tertiary/aromatic N) is 5. The number of hydrogen-bond donors (Lipinski definition) is 3. The van der Waals surface area contributed by atoms with Crippen LogP contribution in [0.15, 0.2) is 30.3 Å². The van der Waals surface area contributed by atoms with Crippen molar-refractivity contribution in [3.05, 3.63) is 46.5 Å². The zero-order valence-electron chi connectivity index (χ0n) is 22.3. The first-order valence-electron chi connectivity index (χ1n) is 13.5. The van der Waals surface area contributed by atoms with Crippen LogP contribution >= 0.6 is 11.3 Å². The number of aryl methyl sites for hydroxylation is 1. The molecule has 2 fully saturated rings. The molecule has 1 aliphatic carbocycles. The summed E-state index contributed by atoms with van der Waals surface area (Å²) in [7, 11) is 1.90. The van der Waals surface area contributed by atoms with Crippen molar-refractivity contribution >= 4 is 40.1 Å². The molecule has 39 heavy (non-hydrogen) atoms. The van der Waals surface area contributed by atoms with Gasteiger partial charge in [-0.2, -0.15) is 4.98 Å². The van der Waals surface area contributed by atoms with Gasteiger partial charge >= 0.3 is 5.97 Å². The number of carbonyl (C=O) groups is 2. The van der Waals surface area contributed by atoms with Crippen molar-refractivity contribution in [2.75, 3.05) is 30.4 Å². The average Bonchev–Trinajstić information content (AvgIpc) is 3.33. The lowest BCUT2D eigenvalue weighted by Crippen LogP contribution is -2.38. The van der Waals surface area contributed by atoms with Crippen LogP contribution in [0.1, 0.15) is 70.7 Å². The molecule has 0 atom stereocenters. The number of aliphatic hydroxyl groups is 1. The van der Waals surface area contributed by atoms with E-state index in [1.165, 1.54) is 19.3 Å². The summed E-state index contributed by atoms with van der Waals surface area (Å²) in [6.07, 6.45) is 6.68. The summed E-state index contributed by atoms with van der Waals surface area (Å²) in [5.74, 6) is 0.0123. The Labute approximate surface area is 231 Å². The number of aromatic carboxylic acids is 1. The Morgan fingerprint density at radius 2 is 1.72 bits per heavy atom. The Kier molecular flexibility index (Phi) is 8.08. The molecule has 206 valence electrons. The number of rotatable bonds is 7. The molecule has 5 rings (SSSR count). The number of nitrogens with one attached hydrogen (secondary N) is 1. The standard InChI is InChI=1S/C28H34N6O4S/c1-17-24(26(37)38)39-28(29-17)32-27-30-22(16-23(31-27)34-14-12-21(35)13-15-34)18-8-10-19(11-9-18)25(36)33(2)20-6-4-3-5-7-20/h8-11,16,20-21,35H,3-7,12-15H2,1-2H3,(H,37,38)(H,29,30,31,32). The van der Waals surface area contributed by atoms with Crippen molar-refractivity contribution in [3.63, 3.8) is 0 Å². The number of carboxylic acids is 1. The molecule has 1 saturated heterocycles. The summed E-state index contributed by atoms with van der Waals surface area (Å²) in [6, 6.07) is 9.67. The van der Waals surface area contributed by atoms with Crippen molar-refractivity contribution in [1.82, 2.24) is 19.9 Å². The molecule has 11 heteroatoms. The van der Waals surface area contributed by atoms with Crippen LogP contribution in [-0.4, -0.2) is 74.2 Å². The van der Waals surface area contributed by atoms with Gasteiger partial charge in [0.15, 0.2) is 5.13 Å². The van der Waals surface area contributed by atoms with Gasteiger partial charge in [-0.25, -0.2) is 14.8 Å². The maximum absolute atomic E-state index is 13.1. The molecule has 10 nitrogen and oxygen atoms in total. The summed E-state index contributed by atoms with van der Waals surface area (Å²) in [6.45, 7) is 2.98. The molecule has 0 spiro atoms. The smallest absolute Gasteiger partial charge is 0.347 e. The largest absolute Gasteiger partial charge is 0.477 e. The minimum Gasteiger partial charge on any atom is -0.477 e. The molecular weight excluding hydrogens is 516 g/mol. The SMILES string of the molecule is Cc1nc(Nc2nc(-c3ccc(C(=O)N(C)C4CCCCC4)cc3)cc(N3CCC(O)CC3)n2)sc1C(=O)O. The van der Waals surface area contributed by atoms with Crippen molar-refractivity contribution < 1.29 is 19.8 Å². The van der Waals surface area contributed by atoms with Gasteiger partial charge in [0.2, 0.25) is 5.95 Å². The lowest BCUT2D eigenvalue weighted by atomic mass is 9.94. The maximum Gasteiger partial charge on any atom is 0.347 e.